The number of carbonyl (C=O) groups excluding carboxylic acids is 3. The van der Waals surface area contributed by atoms with Gasteiger partial charge in [0.25, 0.3) is 0 Å². The number of unbranched alkanes of at least 4 members (excludes halogenated alkanes) is 28. The molecule has 0 aromatic rings. The van der Waals surface area contributed by atoms with Crippen molar-refractivity contribution in [2.24, 2.45) is 0 Å². The molecule has 0 saturated heterocycles. The highest BCUT2D eigenvalue weighted by Crippen LogP contribution is 2.45. The fourth-order valence-corrected chi connectivity index (χ4v) is 12.6. The summed E-state index contributed by atoms with van der Waals surface area (Å²) in [7, 11) is -9.82. The highest BCUT2D eigenvalue weighted by Gasteiger charge is 2.29. The Balaban J connectivity index is 4.69. The fourth-order valence-electron chi connectivity index (χ4n) is 11.0. The van der Waals surface area contributed by atoms with Gasteiger partial charge < -0.3 is 34.2 Å². The SMILES string of the molecule is CC/C=C\C/C=C\C/C=C\C/C=C\C/C=C\CCCCCCCCCC(=O)OCC(COP(=O)(O)OCC(O)COP(=O)(O)OCC(O)COC(=O)CCCCCCCCCCCCC/C=C\C/C=C\C/C=C\C/C=C\CCCCC)OC(=O)CCCCCCCCC/C=C\C/C=C\C/C=C\C/C=C\C/C=C\CC. The van der Waals surface area contributed by atoms with Crippen molar-refractivity contribution < 1.29 is 75.8 Å². The first-order valence-electron chi connectivity index (χ1n) is 42.4. The molecule has 0 aliphatic rings. The Morgan fingerprint density at radius 2 is 0.486 bits per heavy atom. The lowest BCUT2D eigenvalue weighted by molar-refractivity contribution is -0.161. The highest BCUT2D eigenvalue weighted by atomic mass is 31.2. The second-order valence-electron chi connectivity index (χ2n) is 27.9. The number of phosphoric ester groups is 2. The molecular formula is C91H152O16P2. The molecule has 0 rings (SSSR count). The molecule has 5 unspecified atom stereocenters. The van der Waals surface area contributed by atoms with Crippen molar-refractivity contribution in [1.29, 1.82) is 0 Å². The van der Waals surface area contributed by atoms with Gasteiger partial charge in [0.1, 0.15) is 25.4 Å². The summed E-state index contributed by atoms with van der Waals surface area (Å²) in [6, 6.07) is 0. The van der Waals surface area contributed by atoms with Crippen molar-refractivity contribution in [2.75, 3.05) is 39.6 Å². The Labute approximate surface area is 662 Å². The number of aliphatic hydroxyl groups excluding tert-OH is 2. The molecule has 5 atom stereocenters. The predicted molar refractivity (Wildman–Crippen MR) is 454 cm³/mol. The number of carbonyl (C=O) groups is 3. The topological polar surface area (TPSA) is 231 Å². The third-order valence-corrected chi connectivity index (χ3v) is 19.3. The van der Waals surface area contributed by atoms with Gasteiger partial charge in [0, 0.05) is 19.3 Å². The summed E-state index contributed by atoms with van der Waals surface area (Å²) in [5.41, 5.74) is 0. The van der Waals surface area contributed by atoms with E-state index in [-0.39, 0.29) is 19.3 Å². The van der Waals surface area contributed by atoms with E-state index < -0.39 is 91.5 Å². The molecule has 0 heterocycles. The second kappa shape index (κ2) is 82.4. The zero-order chi connectivity index (χ0) is 79.4. The molecule has 0 aromatic carbocycles. The van der Waals surface area contributed by atoms with E-state index in [0.29, 0.717) is 19.3 Å². The van der Waals surface area contributed by atoms with Crippen LogP contribution in [-0.2, 0) is 55.8 Å². The number of phosphoric acid groups is 2. The lowest BCUT2D eigenvalue weighted by atomic mass is 10.0. The van der Waals surface area contributed by atoms with Gasteiger partial charge in [-0.15, -0.1) is 0 Å². The molecule has 0 fully saturated rings. The molecule has 18 heteroatoms. The van der Waals surface area contributed by atoms with Crippen LogP contribution in [0.4, 0.5) is 0 Å². The van der Waals surface area contributed by atoms with Crippen molar-refractivity contribution in [1.82, 2.24) is 0 Å². The smallest absolute Gasteiger partial charge is 0.463 e. The number of hydrogen-bond donors (Lipinski definition) is 4. The molecule has 0 aliphatic carbocycles. The first-order chi connectivity index (χ1) is 53.2. The normalized spacial score (nSPS) is 14.7. The van der Waals surface area contributed by atoms with Crippen molar-refractivity contribution in [3.63, 3.8) is 0 Å². The van der Waals surface area contributed by atoms with E-state index in [1.807, 2.05) is 0 Å². The molecule has 16 nitrogen and oxygen atoms in total. The van der Waals surface area contributed by atoms with E-state index in [1.165, 1.54) is 70.6 Å². The van der Waals surface area contributed by atoms with E-state index in [0.717, 1.165) is 199 Å². The average Bonchev–Trinajstić information content (AvgIpc) is 0.919. The van der Waals surface area contributed by atoms with Gasteiger partial charge in [-0.2, -0.15) is 0 Å². The minimum Gasteiger partial charge on any atom is -0.463 e. The number of aliphatic hydroxyl groups is 2. The molecule has 4 N–H and O–H groups in total. The summed E-state index contributed by atoms with van der Waals surface area (Å²) < 4.78 is 61.3. The third-order valence-electron chi connectivity index (χ3n) is 17.4. The van der Waals surface area contributed by atoms with Crippen molar-refractivity contribution in [2.45, 2.75) is 347 Å². The molecule has 622 valence electrons. The molecule has 0 radical (unpaired) electrons. The Morgan fingerprint density at radius 3 is 0.771 bits per heavy atom. The van der Waals surface area contributed by atoms with Crippen LogP contribution in [0.1, 0.15) is 329 Å². The quantitative estimate of drug-likeness (QED) is 0.0146. The van der Waals surface area contributed by atoms with E-state index in [1.54, 1.807) is 0 Å². The zero-order valence-electron chi connectivity index (χ0n) is 68.2. The lowest BCUT2D eigenvalue weighted by Gasteiger charge is -2.21. The largest absolute Gasteiger partial charge is 0.472 e. The Kier molecular flexibility index (Phi) is 78.5. The van der Waals surface area contributed by atoms with Crippen LogP contribution in [0.15, 0.2) is 170 Å². The van der Waals surface area contributed by atoms with Crippen LogP contribution in [0.5, 0.6) is 0 Å². The van der Waals surface area contributed by atoms with Gasteiger partial charge in [-0.3, -0.25) is 32.5 Å². The molecule has 109 heavy (non-hydrogen) atoms. The summed E-state index contributed by atoms with van der Waals surface area (Å²) >= 11 is 0. The summed E-state index contributed by atoms with van der Waals surface area (Å²) in [5.74, 6) is -1.61. The van der Waals surface area contributed by atoms with Gasteiger partial charge in [0.2, 0.25) is 0 Å². The average molecular weight is 1560 g/mol. The van der Waals surface area contributed by atoms with Gasteiger partial charge in [-0.25, -0.2) is 9.13 Å². The number of ether oxygens (including phenoxy) is 3. The monoisotopic (exact) mass is 1560 g/mol. The maximum atomic E-state index is 13.0. The maximum Gasteiger partial charge on any atom is 0.472 e. The van der Waals surface area contributed by atoms with Gasteiger partial charge in [-0.05, 0) is 154 Å². The highest BCUT2D eigenvalue weighted by molar-refractivity contribution is 7.47. The van der Waals surface area contributed by atoms with Crippen LogP contribution in [0.3, 0.4) is 0 Å². The van der Waals surface area contributed by atoms with E-state index in [9.17, 15) is 43.5 Å². The van der Waals surface area contributed by atoms with Crippen LogP contribution in [-0.4, -0.2) is 95.9 Å². The molecule has 0 bridgehead atoms. The molecule has 0 amide bonds. The van der Waals surface area contributed by atoms with Crippen molar-refractivity contribution in [3.8, 4) is 0 Å². The number of esters is 3. The summed E-state index contributed by atoms with van der Waals surface area (Å²) in [5, 5.41) is 20.7. The van der Waals surface area contributed by atoms with Crippen LogP contribution in [0, 0.1) is 0 Å². The third kappa shape index (κ3) is 83.7. The summed E-state index contributed by atoms with van der Waals surface area (Å²) in [4.78, 5) is 58.9. The minimum absolute atomic E-state index is 0.0825. The van der Waals surface area contributed by atoms with E-state index in [2.05, 4.69) is 191 Å². The number of hydrogen-bond acceptors (Lipinski definition) is 14. The Morgan fingerprint density at radius 1 is 0.266 bits per heavy atom. The maximum absolute atomic E-state index is 13.0. The zero-order valence-corrected chi connectivity index (χ0v) is 70.0. The first-order valence-corrected chi connectivity index (χ1v) is 45.4. The van der Waals surface area contributed by atoms with Crippen LogP contribution in [0.25, 0.3) is 0 Å². The molecule has 0 saturated carbocycles. The lowest BCUT2D eigenvalue weighted by Crippen LogP contribution is -2.30. The van der Waals surface area contributed by atoms with Gasteiger partial charge in [0.15, 0.2) is 6.10 Å². The molecular weight excluding hydrogens is 1410 g/mol. The van der Waals surface area contributed by atoms with Crippen LogP contribution >= 0.6 is 15.6 Å². The van der Waals surface area contributed by atoms with Gasteiger partial charge >= 0.3 is 33.6 Å². The van der Waals surface area contributed by atoms with Crippen LogP contribution < -0.4 is 0 Å². The number of rotatable bonds is 79. The Hall–Kier alpha value is -5.09. The molecule has 0 aromatic heterocycles. The minimum atomic E-state index is -4.95. The Bertz CT molecular complexity index is 2660. The predicted octanol–water partition coefficient (Wildman–Crippen LogP) is 25.5. The molecule has 0 aliphatic heterocycles. The van der Waals surface area contributed by atoms with Crippen LogP contribution in [0.2, 0.25) is 0 Å². The van der Waals surface area contributed by atoms with Gasteiger partial charge in [-0.1, -0.05) is 326 Å². The van der Waals surface area contributed by atoms with E-state index in [4.69, 9.17) is 32.3 Å². The molecule has 0 spiro atoms. The standard InChI is InChI=1S/C91H152O16P2/c1-4-7-10-13-16-19-22-25-28-31-34-37-40-41-42-43-46-48-50-53-56-59-62-65-68-71-74-77-89(94)101-80-86(92)81-103-108(97,98)104-82-87(93)83-105-109(99,100)106-85-88(107-91(96)79-76-73-70-67-64-61-58-55-52-49-45-39-36-33-30-27-24-21-18-15-12-9-6-3)84-102-90(95)78-75-72-69-66-63-60-57-54-51-47-44-38-35-32-29-26-23-20-17-14-11-8-5-2/h8-9,11-12,16-21,25-30,34-39,41-42,47,49,51-52,86-88,92-93H,4-7,10,13-15,22-24,31-33,40,43-46,48,50,53-85H2,1-3H3,(H,97,98)(H,99,100)/b11-8-,12-9-,19-16-,20-17-,21-18-,28-25-,29-26-,30-27-,37-34-,38-35-,39-36-,42-41-,51-47-,52-49-. The van der Waals surface area contributed by atoms with E-state index >= 15 is 0 Å². The summed E-state index contributed by atoms with van der Waals surface area (Å²) in [6.07, 6.45) is 105. The number of allylic oxidation sites excluding steroid dienone is 28. The second-order valence-corrected chi connectivity index (χ2v) is 30.8. The van der Waals surface area contributed by atoms with Crippen molar-refractivity contribution >= 4 is 33.6 Å². The summed E-state index contributed by atoms with van der Waals surface area (Å²) in [6.45, 7) is 2.41. The fraction of sp³-hybridized carbons (Fsp3) is 0.659. The van der Waals surface area contributed by atoms with Gasteiger partial charge in [0.05, 0.1) is 26.4 Å². The van der Waals surface area contributed by atoms with Crippen molar-refractivity contribution in [3.05, 3.63) is 170 Å². The first kappa shape index (κ1) is 104.